The number of aryl methyl sites for hydroxylation is 1. The summed E-state index contributed by atoms with van der Waals surface area (Å²) in [4.78, 5) is 12.0. The van der Waals surface area contributed by atoms with Crippen LogP contribution in [0.5, 0.6) is 0 Å². The van der Waals surface area contributed by atoms with Crippen molar-refractivity contribution in [3.8, 4) is 0 Å². The van der Waals surface area contributed by atoms with Gasteiger partial charge in [-0.15, -0.1) is 12.4 Å². The van der Waals surface area contributed by atoms with Gasteiger partial charge >= 0.3 is 12.1 Å². The van der Waals surface area contributed by atoms with Crippen LogP contribution in [0.25, 0.3) is 0 Å². The van der Waals surface area contributed by atoms with Crippen LogP contribution in [-0.4, -0.2) is 38.8 Å². The summed E-state index contributed by atoms with van der Waals surface area (Å²) < 4.78 is 39.0. The lowest BCUT2D eigenvalue weighted by molar-refractivity contribution is -0.144. The van der Waals surface area contributed by atoms with Crippen LogP contribution in [0, 0.1) is 0 Å². The molecule has 0 saturated carbocycles. The molecule has 1 heterocycles. The third-order valence-electron chi connectivity index (χ3n) is 2.72. The minimum atomic E-state index is -4.51. The molecule has 9 heteroatoms. The van der Waals surface area contributed by atoms with Crippen LogP contribution >= 0.6 is 12.4 Å². The second kappa shape index (κ2) is 6.25. The van der Waals surface area contributed by atoms with E-state index in [1.54, 1.807) is 0 Å². The fourth-order valence-corrected chi connectivity index (χ4v) is 1.56. The molecule has 0 spiro atoms. The number of alkyl halides is 3. The molecule has 0 aliphatic rings. The second-order valence-electron chi connectivity index (χ2n) is 4.07. The molecule has 1 atom stereocenters. The number of carboxylic acid groups (broad SMARTS) is 1. The van der Waals surface area contributed by atoms with Gasteiger partial charge in [0.1, 0.15) is 11.7 Å². The van der Waals surface area contributed by atoms with Crippen LogP contribution in [0.4, 0.5) is 13.2 Å². The topological polar surface area (TPSA) is 58.4 Å². The molecule has 0 amide bonds. The maximum Gasteiger partial charge on any atom is 0.433 e. The van der Waals surface area contributed by atoms with Crippen molar-refractivity contribution in [2.45, 2.75) is 25.7 Å². The molecule has 0 aliphatic heterocycles. The van der Waals surface area contributed by atoms with Crippen molar-refractivity contribution in [1.29, 1.82) is 0 Å². The summed E-state index contributed by atoms with van der Waals surface area (Å²) in [6, 6.07) is -0.869. The molecule has 0 radical (unpaired) electrons. The van der Waals surface area contributed by atoms with E-state index >= 15 is 0 Å². The zero-order chi connectivity index (χ0) is 14.1. The first-order valence-electron chi connectivity index (χ1n) is 5.15. The Balaban J connectivity index is 0.00000324. The number of hydrogen-bond donors (Lipinski definition) is 1. The van der Waals surface area contributed by atoms with Gasteiger partial charge in [0, 0.05) is 19.2 Å². The zero-order valence-corrected chi connectivity index (χ0v) is 11.4. The van der Waals surface area contributed by atoms with E-state index < -0.39 is 23.9 Å². The van der Waals surface area contributed by atoms with Crippen molar-refractivity contribution in [3.63, 3.8) is 0 Å². The van der Waals surface area contributed by atoms with Crippen molar-refractivity contribution >= 4 is 18.4 Å². The number of aliphatic carboxylic acids is 1. The summed E-state index contributed by atoms with van der Waals surface area (Å²) in [7, 11) is 2.65. The third-order valence-corrected chi connectivity index (χ3v) is 2.72. The maximum absolute atomic E-state index is 12.8. The highest BCUT2D eigenvalue weighted by Gasteiger charge is 2.37. The van der Waals surface area contributed by atoms with Crippen LogP contribution in [0.15, 0.2) is 6.20 Å². The Kier molecular flexibility index (Phi) is 5.83. The van der Waals surface area contributed by atoms with Crippen molar-refractivity contribution in [1.82, 2.24) is 14.7 Å². The first kappa shape index (κ1) is 17.7. The number of nitrogens with zero attached hydrogens (tertiary/aromatic N) is 3. The van der Waals surface area contributed by atoms with E-state index in [0.717, 1.165) is 10.9 Å². The highest BCUT2D eigenvalue weighted by atomic mass is 35.5. The molecule has 1 rings (SSSR count). The fourth-order valence-electron chi connectivity index (χ4n) is 1.56. The number of halogens is 4. The monoisotopic (exact) mass is 301 g/mol. The quantitative estimate of drug-likeness (QED) is 0.921. The molecule has 1 aromatic rings. The first-order valence-corrected chi connectivity index (χ1v) is 5.15. The van der Waals surface area contributed by atoms with Gasteiger partial charge in [0.2, 0.25) is 0 Å². The molecule has 5 nitrogen and oxygen atoms in total. The second-order valence-corrected chi connectivity index (χ2v) is 4.07. The normalized spacial score (nSPS) is 13.2. The predicted molar refractivity (Wildman–Crippen MR) is 64.0 cm³/mol. The smallest absolute Gasteiger partial charge is 0.433 e. The summed E-state index contributed by atoms with van der Waals surface area (Å²) in [6.07, 6.45) is -3.40. The molecule has 110 valence electrons. The minimum absolute atomic E-state index is 0. The zero-order valence-electron chi connectivity index (χ0n) is 10.6. The van der Waals surface area contributed by atoms with Crippen LogP contribution in [-0.2, 0) is 24.6 Å². The Morgan fingerprint density at radius 2 is 2.11 bits per heavy atom. The lowest BCUT2D eigenvalue weighted by Crippen LogP contribution is -2.35. The van der Waals surface area contributed by atoms with Gasteiger partial charge in [-0.1, -0.05) is 0 Å². The molecule has 1 aromatic heterocycles. The van der Waals surface area contributed by atoms with E-state index in [9.17, 15) is 18.0 Å². The van der Waals surface area contributed by atoms with Crippen LogP contribution < -0.4 is 0 Å². The number of aromatic nitrogens is 2. The van der Waals surface area contributed by atoms with E-state index in [0.29, 0.717) is 0 Å². The molecular weight excluding hydrogens is 287 g/mol. The molecular formula is C10H15ClF3N3O2. The SMILES string of the molecule is CC(C(=O)O)N(C)Cc1cnn(C)c1C(F)(F)F.Cl. The molecule has 0 aliphatic carbocycles. The number of likely N-dealkylation sites (N-methyl/N-ethyl adjacent to an activating group) is 1. The number of hydrogen-bond acceptors (Lipinski definition) is 3. The summed E-state index contributed by atoms with van der Waals surface area (Å²) in [6.45, 7) is 1.28. The van der Waals surface area contributed by atoms with Crippen LogP contribution in [0.2, 0.25) is 0 Å². The van der Waals surface area contributed by atoms with Gasteiger partial charge in [-0.05, 0) is 14.0 Å². The Labute approximate surface area is 114 Å². The Morgan fingerprint density at radius 3 is 2.53 bits per heavy atom. The van der Waals surface area contributed by atoms with Gasteiger partial charge in [-0.2, -0.15) is 18.3 Å². The van der Waals surface area contributed by atoms with Crippen molar-refractivity contribution in [2.24, 2.45) is 7.05 Å². The fraction of sp³-hybridized carbons (Fsp3) is 0.600. The lowest BCUT2D eigenvalue weighted by Gasteiger charge is -2.21. The van der Waals surface area contributed by atoms with Crippen molar-refractivity contribution < 1.29 is 23.1 Å². The molecule has 1 unspecified atom stereocenters. The summed E-state index contributed by atoms with van der Waals surface area (Å²) in [5, 5.41) is 12.3. The molecule has 1 N–H and O–H groups in total. The average Bonchev–Trinajstić information content (AvgIpc) is 2.57. The largest absolute Gasteiger partial charge is 0.480 e. The molecule has 0 aromatic carbocycles. The first-order chi connectivity index (χ1) is 8.14. The van der Waals surface area contributed by atoms with E-state index in [1.165, 1.54) is 25.9 Å². The predicted octanol–water partition coefficient (Wildman–Crippen LogP) is 1.77. The van der Waals surface area contributed by atoms with Crippen molar-refractivity contribution in [2.75, 3.05) is 7.05 Å². The highest BCUT2D eigenvalue weighted by molar-refractivity contribution is 5.85. The average molecular weight is 302 g/mol. The van der Waals surface area contributed by atoms with E-state index in [2.05, 4.69) is 5.10 Å². The highest BCUT2D eigenvalue weighted by Crippen LogP contribution is 2.32. The summed E-state index contributed by atoms with van der Waals surface area (Å²) in [5.74, 6) is -1.09. The van der Waals surface area contributed by atoms with E-state index in [4.69, 9.17) is 5.11 Å². The summed E-state index contributed by atoms with van der Waals surface area (Å²) in [5.41, 5.74) is -0.896. The Morgan fingerprint density at radius 1 is 1.58 bits per heavy atom. The molecule has 0 bridgehead atoms. The van der Waals surface area contributed by atoms with E-state index in [-0.39, 0.29) is 24.5 Å². The van der Waals surface area contributed by atoms with Gasteiger partial charge in [-0.3, -0.25) is 14.4 Å². The molecule has 19 heavy (non-hydrogen) atoms. The maximum atomic E-state index is 12.8. The van der Waals surface area contributed by atoms with Gasteiger partial charge in [0.25, 0.3) is 0 Å². The van der Waals surface area contributed by atoms with Crippen molar-refractivity contribution in [3.05, 3.63) is 17.5 Å². The standard InChI is InChI=1S/C10H14F3N3O2.ClH/c1-6(9(17)18)15(2)5-7-4-14-16(3)8(7)10(11,12)13;/h4,6H,5H2,1-3H3,(H,17,18);1H. The van der Waals surface area contributed by atoms with Crippen LogP contribution in [0.3, 0.4) is 0 Å². The van der Waals surface area contributed by atoms with Gasteiger partial charge in [0.05, 0.1) is 6.20 Å². The molecule has 0 saturated heterocycles. The number of rotatable bonds is 4. The minimum Gasteiger partial charge on any atom is -0.480 e. The van der Waals surface area contributed by atoms with Gasteiger partial charge in [-0.25, -0.2) is 0 Å². The lowest BCUT2D eigenvalue weighted by atomic mass is 10.2. The van der Waals surface area contributed by atoms with Gasteiger partial charge < -0.3 is 5.11 Å². The number of carbonyl (C=O) groups is 1. The Bertz CT molecular complexity index is 448. The third kappa shape index (κ3) is 4.10. The molecule has 0 fully saturated rings. The summed E-state index contributed by atoms with van der Waals surface area (Å²) >= 11 is 0. The van der Waals surface area contributed by atoms with Crippen LogP contribution in [0.1, 0.15) is 18.2 Å². The van der Waals surface area contributed by atoms with Gasteiger partial charge in [0.15, 0.2) is 0 Å². The Hall–Kier alpha value is -1.28. The van der Waals surface area contributed by atoms with E-state index in [1.807, 2.05) is 0 Å². The number of carboxylic acids is 1.